The van der Waals surface area contributed by atoms with E-state index in [2.05, 4.69) is 0 Å². The predicted octanol–water partition coefficient (Wildman–Crippen LogP) is 3.66. The minimum absolute atomic E-state index is 0.0307. The van der Waals surface area contributed by atoms with E-state index in [4.69, 9.17) is 18.4 Å². The summed E-state index contributed by atoms with van der Waals surface area (Å²) in [4.78, 5) is 1.48. The molecule has 0 saturated carbocycles. The third-order valence-electron chi connectivity index (χ3n) is 2.51. The average Bonchev–Trinajstić information content (AvgIpc) is 2.60. The van der Waals surface area contributed by atoms with Gasteiger partial charge < -0.3 is 9.64 Å². The van der Waals surface area contributed by atoms with Gasteiger partial charge in [-0.2, -0.15) is 0 Å². The monoisotopic (exact) mass is 279 g/mol. The zero-order chi connectivity index (χ0) is 23.1. The number of likely N-dealkylation sites (N-methyl/N-ethyl adjacent to an activating group) is 1. The van der Waals surface area contributed by atoms with E-state index in [1.807, 2.05) is 0 Å². The number of hydrogen-bond acceptors (Lipinski definition) is 2. The number of benzene rings is 2. The molecule has 0 aliphatic rings. The van der Waals surface area contributed by atoms with Crippen molar-refractivity contribution in [3.8, 4) is 0 Å². The van der Waals surface area contributed by atoms with Crippen molar-refractivity contribution in [3.63, 3.8) is 0 Å². The van der Waals surface area contributed by atoms with Crippen LogP contribution < -0.4 is 0 Å². The summed E-state index contributed by atoms with van der Waals surface area (Å²) in [7, 11) is 3.19. The lowest BCUT2D eigenvalue weighted by Crippen LogP contribution is -2.20. The standard InChI is InChI=1S/C18H23NO/c1-15-9-7-8-12-17(15)18(20-14-13-19(2)3)16-10-5-4-6-11-16/h4-12,18H,13-14H2,1-3H3/i1D3,7D,8D,9D,12D,14D2,18D. The van der Waals surface area contributed by atoms with Crippen LogP contribution in [0.4, 0.5) is 0 Å². The largest absolute Gasteiger partial charge is 0.367 e. The summed E-state index contributed by atoms with van der Waals surface area (Å²) in [6, 6.07) is 4.52. The smallest absolute Gasteiger partial charge is 0.108 e. The van der Waals surface area contributed by atoms with E-state index in [-0.39, 0.29) is 12.1 Å². The van der Waals surface area contributed by atoms with Gasteiger partial charge in [-0.3, -0.25) is 0 Å². The van der Waals surface area contributed by atoms with Gasteiger partial charge >= 0.3 is 0 Å². The third-order valence-corrected chi connectivity index (χ3v) is 2.51. The molecule has 106 valence electrons. The van der Waals surface area contributed by atoms with Crippen LogP contribution in [0.2, 0.25) is 0 Å². The molecule has 2 nitrogen and oxygen atoms in total. The van der Waals surface area contributed by atoms with E-state index >= 15 is 0 Å². The molecule has 0 aromatic heterocycles. The lowest BCUT2D eigenvalue weighted by molar-refractivity contribution is 0.0683. The highest BCUT2D eigenvalue weighted by Gasteiger charge is 2.16. The molecular weight excluding hydrogens is 246 g/mol. The van der Waals surface area contributed by atoms with Crippen LogP contribution in [0.1, 0.15) is 36.5 Å². The molecule has 0 radical (unpaired) electrons. The Morgan fingerprint density at radius 2 is 2.05 bits per heavy atom. The van der Waals surface area contributed by atoms with Crippen LogP contribution in [-0.2, 0) is 4.74 Å². The topological polar surface area (TPSA) is 12.5 Å². The van der Waals surface area contributed by atoms with Crippen molar-refractivity contribution in [1.82, 2.24) is 4.90 Å². The van der Waals surface area contributed by atoms with Crippen LogP contribution in [0.15, 0.2) is 54.5 Å². The molecule has 0 N–H and O–H groups in total. The molecule has 0 saturated heterocycles. The fourth-order valence-corrected chi connectivity index (χ4v) is 1.56. The highest BCUT2D eigenvalue weighted by Crippen LogP contribution is 2.28. The van der Waals surface area contributed by atoms with Crippen molar-refractivity contribution < 1.29 is 18.4 Å². The maximum atomic E-state index is 9.05. The van der Waals surface area contributed by atoms with Crippen LogP contribution in [0.5, 0.6) is 0 Å². The minimum Gasteiger partial charge on any atom is -0.367 e. The Morgan fingerprint density at radius 3 is 2.75 bits per heavy atom. The highest BCUT2D eigenvalue weighted by molar-refractivity contribution is 5.35. The molecule has 1 atom stereocenters. The first-order valence-electron chi connectivity index (χ1n) is 11.1. The van der Waals surface area contributed by atoms with Gasteiger partial charge in [0, 0.05) is 10.7 Å². The number of hydrogen-bond donors (Lipinski definition) is 0. The second kappa shape index (κ2) is 7.22. The fourth-order valence-electron chi connectivity index (χ4n) is 1.56. The maximum Gasteiger partial charge on any atom is 0.108 e. The number of rotatable bonds is 6. The van der Waals surface area contributed by atoms with E-state index in [0.29, 0.717) is 0 Å². The fraction of sp³-hybridized carbons (Fsp3) is 0.333. The Kier molecular flexibility index (Phi) is 2.32. The van der Waals surface area contributed by atoms with Crippen LogP contribution in [-0.4, -0.2) is 32.1 Å². The van der Waals surface area contributed by atoms with Crippen molar-refractivity contribution in [2.24, 2.45) is 0 Å². The van der Waals surface area contributed by atoms with E-state index < -0.39 is 54.8 Å². The van der Waals surface area contributed by atoms with E-state index in [1.165, 1.54) is 17.0 Å². The lowest BCUT2D eigenvalue weighted by atomic mass is 9.97. The zero-order valence-corrected chi connectivity index (χ0v) is 11.4. The molecule has 2 rings (SSSR count). The molecule has 0 spiro atoms. The summed E-state index contributed by atoms with van der Waals surface area (Å²) in [5.41, 5.74) is -1.38. The van der Waals surface area contributed by atoms with E-state index in [9.17, 15) is 0 Å². The molecule has 0 fully saturated rings. The zero-order valence-electron chi connectivity index (χ0n) is 21.4. The Balaban J connectivity index is 2.94. The van der Waals surface area contributed by atoms with Gasteiger partial charge in [0.25, 0.3) is 0 Å². The quantitative estimate of drug-likeness (QED) is 0.800. The van der Waals surface area contributed by atoms with Crippen molar-refractivity contribution in [3.05, 3.63) is 71.2 Å². The Hall–Kier alpha value is -1.64. The van der Waals surface area contributed by atoms with Crippen LogP contribution in [0.25, 0.3) is 0 Å². The molecule has 0 bridgehead atoms. The first-order chi connectivity index (χ1) is 13.6. The first-order valence-corrected chi connectivity index (χ1v) is 6.13. The number of ether oxygens (including phenoxy) is 1. The van der Waals surface area contributed by atoms with Gasteiger partial charge in [-0.05, 0) is 37.6 Å². The molecule has 0 amide bonds. The van der Waals surface area contributed by atoms with Crippen molar-refractivity contribution in [1.29, 1.82) is 0 Å². The van der Waals surface area contributed by atoms with Crippen molar-refractivity contribution >= 4 is 0 Å². The van der Waals surface area contributed by atoms with Crippen LogP contribution in [0.3, 0.4) is 0 Å². The number of nitrogens with zero attached hydrogens (tertiary/aromatic N) is 1. The molecule has 1 unspecified atom stereocenters. The molecule has 2 aromatic rings. The summed E-state index contributed by atoms with van der Waals surface area (Å²) in [6.07, 6.45) is -2.55. The Labute approximate surface area is 136 Å². The van der Waals surface area contributed by atoms with E-state index in [0.717, 1.165) is 0 Å². The summed E-state index contributed by atoms with van der Waals surface area (Å²) < 4.78 is 86.9. The summed E-state index contributed by atoms with van der Waals surface area (Å²) in [5, 5.41) is 0. The van der Waals surface area contributed by atoms with Crippen LogP contribution in [0, 0.1) is 6.85 Å². The molecule has 0 aliphatic carbocycles. The molecule has 0 heterocycles. The Bertz CT molecular complexity index is 914. The molecule has 0 aliphatic heterocycles. The molecular formula is C18H23NO. The van der Waals surface area contributed by atoms with Gasteiger partial charge in [-0.15, -0.1) is 0 Å². The van der Waals surface area contributed by atoms with Gasteiger partial charge in [-0.1, -0.05) is 54.5 Å². The molecule has 2 aromatic carbocycles. The van der Waals surface area contributed by atoms with Gasteiger partial charge in [0.05, 0.1) is 16.2 Å². The Morgan fingerprint density at radius 1 is 1.30 bits per heavy atom. The second-order valence-corrected chi connectivity index (χ2v) is 4.43. The van der Waals surface area contributed by atoms with Crippen molar-refractivity contribution in [2.75, 3.05) is 27.2 Å². The predicted molar refractivity (Wildman–Crippen MR) is 84.0 cm³/mol. The lowest BCUT2D eigenvalue weighted by Gasteiger charge is -2.22. The van der Waals surface area contributed by atoms with Gasteiger partial charge in [-0.25, -0.2) is 0 Å². The minimum atomic E-state index is -3.00. The van der Waals surface area contributed by atoms with Gasteiger partial charge in [0.1, 0.15) is 6.08 Å². The first kappa shape index (κ1) is 6.42. The third kappa shape index (κ3) is 3.92. The average molecular weight is 279 g/mol. The SMILES string of the molecule is [2H]c1c([2H])c([2H])c(C([2H])(OC([2H])([2H])CN(C)C)c2ccccc2)c(C([2H])([2H])[2H])c1[2H]. The van der Waals surface area contributed by atoms with Gasteiger partial charge in [0.15, 0.2) is 0 Å². The summed E-state index contributed by atoms with van der Waals surface area (Å²) in [6.45, 7) is -5.71. The molecule has 20 heavy (non-hydrogen) atoms. The molecule has 2 heteroatoms. The second-order valence-electron chi connectivity index (χ2n) is 4.43. The van der Waals surface area contributed by atoms with Gasteiger partial charge in [0.2, 0.25) is 0 Å². The summed E-state index contributed by atoms with van der Waals surface area (Å²) in [5.74, 6) is 0. The normalized spacial score (nSPS) is 22.8. The maximum absolute atomic E-state index is 9.05. The van der Waals surface area contributed by atoms with Crippen molar-refractivity contribution in [2.45, 2.75) is 12.9 Å². The van der Waals surface area contributed by atoms with Crippen LogP contribution >= 0.6 is 0 Å². The van der Waals surface area contributed by atoms with E-state index in [1.54, 1.807) is 32.3 Å². The summed E-state index contributed by atoms with van der Waals surface area (Å²) >= 11 is 0. The highest BCUT2D eigenvalue weighted by atomic mass is 16.5.